The molecule has 142 valence electrons. The monoisotopic (exact) mass is 488 g/mol. The average molecular weight is 488 g/mol. The SMILES string of the molecule is CN=C(NCCc1ccc2c(c1)OCO2)NCc1nc(C(C)C)cs1.I. The number of benzene rings is 1. The van der Waals surface area contributed by atoms with Crippen molar-refractivity contribution in [1.82, 2.24) is 15.6 Å². The second kappa shape index (κ2) is 9.96. The van der Waals surface area contributed by atoms with E-state index in [0.717, 1.165) is 41.1 Å². The summed E-state index contributed by atoms with van der Waals surface area (Å²) >= 11 is 1.68. The summed E-state index contributed by atoms with van der Waals surface area (Å²) in [6, 6.07) is 6.05. The minimum Gasteiger partial charge on any atom is -0.454 e. The Balaban J connectivity index is 0.00000243. The van der Waals surface area contributed by atoms with Crippen LogP contribution >= 0.6 is 35.3 Å². The number of nitrogens with zero attached hydrogens (tertiary/aromatic N) is 2. The molecule has 0 amide bonds. The molecule has 1 aliphatic rings. The third kappa shape index (κ3) is 5.47. The molecular formula is C18H25IN4O2S. The fraction of sp³-hybridized carbons (Fsp3) is 0.444. The maximum atomic E-state index is 5.41. The largest absolute Gasteiger partial charge is 0.454 e. The Morgan fingerprint density at radius 2 is 2.08 bits per heavy atom. The maximum absolute atomic E-state index is 5.41. The molecule has 0 saturated heterocycles. The molecule has 3 rings (SSSR count). The number of fused-ring (bicyclic) bond motifs is 1. The molecule has 1 aliphatic heterocycles. The lowest BCUT2D eigenvalue weighted by molar-refractivity contribution is 0.174. The number of guanidine groups is 1. The summed E-state index contributed by atoms with van der Waals surface area (Å²) in [5.74, 6) is 2.88. The van der Waals surface area contributed by atoms with Crippen LogP contribution in [0.1, 0.15) is 36.0 Å². The van der Waals surface area contributed by atoms with E-state index in [1.165, 1.54) is 5.56 Å². The number of aliphatic imine (C=N–C) groups is 1. The molecule has 0 fully saturated rings. The van der Waals surface area contributed by atoms with E-state index < -0.39 is 0 Å². The van der Waals surface area contributed by atoms with Crippen LogP contribution in [0.4, 0.5) is 0 Å². The third-order valence-electron chi connectivity index (χ3n) is 3.93. The van der Waals surface area contributed by atoms with Gasteiger partial charge >= 0.3 is 0 Å². The third-order valence-corrected chi connectivity index (χ3v) is 4.80. The maximum Gasteiger partial charge on any atom is 0.231 e. The van der Waals surface area contributed by atoms with Crippen LogP contribution in [0.15, 0.2) is 28.6 Å². The molecule has 6 nitrogen and oxygen atoms in total. The molecule has 0 unspecified atom stereocenters. The second-order valence-corrected chi connectivity index (χ2v) is 7.05. The minimum absolute atomic E-state index is 0. The van der Waals surface area contributed by atoms with Gasteiger partial charge < -0.3 is 20.1 Å². The summed E-state index contributed by atoms with van der Waals surface area (Å²) in [7, 11) is 1.78. The first kappa shape index (κ1) is 20.8. The second-order valence-electron chi connectivity index (χ2n) is 6.11. The van der Waals surface area contributed by atoms with Crippen molar-refractivity contribution in [1.29, 1.82) is 0 Å². The average Bonchev–Trinajstić information content (AvgIpc) is 3.26. The Morgan fingerprint density at radius 1 is 1.27 bits per heavy atom. The van der Waals surface area contributed by atoms with E-state index in [1.807, 2.05) is 12.1 Å². The van der Waals surface area contributed by atoms with Crippen molar-refractivity contribution in [2.24, 2.45) is 4.99 Å². The van der Waals surface area contributed by atoms with Crippen molar-refractivity contribution in [3.05, 3.63) is 39.8 Å². The van der Waals surface area contributed by atoms with Crippen LogP contribution in [0.2, 0.25) is 0 Å². The van der Waals surface area contributed by atoms with Gasteiger partial charge in [-0.25, -0.2) is 4.98 Å². The number of nitrogens with one attached hydrogen (secondary N) is 2. The number of ether oxygens (including phenoxy) is 2. The Morgan fingerprint density at radius 3 is 2.81 bits per heavy atom. The van der Waals surface area contributed by atoms with Crippen molar-refractivity contribution in [3.8, 4) is 11.5 Å². The van der Waals surface area contributed by atoms with Gasteiger partial charge in [-0.05, 0) is 30.0 Å². The van der Waals surface area contributed by atoms with Gasteiger partial charge in [0.05, 0.1) is 12.2 Å². The normalized spacial score (nSPS) is 12.8. The van der Waals surface area contributed by atoms with Gasteiger partial charge in [-0.1, -0.05) is 19.9 Å². The molecule has 2 N–H and O–H groups in total. The van der Waals surface area contributed by atoms with E-state index in [4.69, 9.17) is 9.47 Å². The fourth-order valence-corrected chi connectivity index (χ4v) is 3.37. The van der Waals surface area contributed by atoms with Crippen molar-refractivity contribution in [3.63, 3.8) is 0 Å². The zero-order valence-electron chi connectivity index (χ0n) is 15.2. The van der Waals surface area contributed by atoms with Crippen LogP contribution in [0.25, 0.3) is 0 Å². The van der Waals surface area contributed by atoms with Gasteiger partial charge in [-0.3, -0.25) is 4.99 Å². The zero-order valence-corrected chi connectivity index (χ0v) is 18.4. The first-order chi connectivity index (χ1) is 12.2. The number of aromatic nitrogens is 1. The highest BCUT2D eigenvalue weighted by Crippen LogP contribution is 2.32. The van der Waals surface area contributed by atoms with E-state index in [-0.39, 0.29) is 24.0 Å². The minimum atomic E-state index is 0. The fourth-order valence-electron chi connectivity index (χ4n) is 2.47. The zero-order chi connectivity index (χ0) is 17.6. The molecule has 0 radical (unpaired) electrons. The number of hydrogen-bond donors (Lipinski definition) is 2. The molecule has 0 atom stereocenters. The quantitative estimate of drug-likeness (QED) is 0.370. The summed E-state index contributed by atoms with van der Waals surface area (Å²) in [4.78, 5) is 8.89. The van der Waals surface area contributed by atoms with Crippen molar-refractivity contribution >= 4 is 41.3 Å². The van der Waals surface area contributed by atoms with Crippen LogP contribution in [0, 0.1) is 0 Å². The molecule has 2 heterocycles. The molecule has 0 aliphatic carbocycles. The molecule has 1 aromatic carbocycles. The lowest BCUT2D eigenvalue weighted by atomic mass is 10.1. The van der Waals surface area contributed by atoms with Crippen LogP contribution in [0.3, 0.4) is 0 Å². The first-order valence-electron chi connectivity index (χ1n) is 8.43. The molecule has 0 spiro atoms. The van der Waals surface area contributed by atoms with E-state index in [1.54, 1.807) is 18.4 Å². The molecule has 2 aromatic rings. The molecule has 0 bridgehead atoms. The highest BCUT2D eigenvalue weighted by molar-refractivity contribution is 14.0. The van der Waals surface area contributed by atoms with E-state index in [0.29, 0.717) is 19.3 Å². The Hall–Kier alpha value is -1.55. The lowest BCUT2D eigenvalue weighted by Crippen LogP contribution is -2.37. The van der Waals surface area contributed by atoms with Gasteiger partial charge in [0.15, 0.2) is 17.5 Å². The van der Waals surface area contributed by atoms with Crippen molar-refractivity contribution < 1.29 is 9.47 Å². The Bertz CT molecular complexity index is 749. The van der Waals surface area contributed by atoms with E-state index in [2.05, 4.69) is 45.9 Å². The summed E-state index contributed by atoms with van der Waals surface area (Å²) < 4.78 is 10.7. The number of halogens is 1. The molecular weight excluding hydrogens is 463 g/mol. The number of hydrogen-bond acceptors (Lipinski definition) is 5. The first-order valence-corrected chi connectivity index (χ1v) is 9.31. The number of rotatable bonds is 6. The summed E-state index contributed by atoms with van der Waals surface area (Å²) in [6.45, 7) is 6.09. The molecule has 8 heteroatoms. The van der Waals surface area contributed by atoms with Gasteiger partial charge in [0.25, 0.3) is 0 Å². The molecule has 26 heavy (non-hydrogen) atoms. The lowest BCUT2D eigenvalue weighted by Gasteiger charge is -2.11. The summed E-state index contributed by atoms with van der Waals surface area (Å²) in [6.07, 6.45) is 0.881. The highest BCUT2D eigenvalue weighted by Gasteiger charge is 2.13. The van der Waals surface area contributed by atoms with Gasteiger partial charge in [0.2, 0.25) is 6.79 Å². The summed E-state index contributed by atoms with van der Waals surface area (Å²) in [5.41, 5.74) is 2.35. The van der Waals surface area contributed by atoms with Gasteiger partial charge in [0.1, 0.15) is 5.01 Å². The van der Waals surface area contributed by atoms with E-state index in [9.17, 15) is 0 Å². The predicted molar refractivity (Wildman–Crippen MR) is 116 cm³/mol. The van der Waals surface area contributed by atoms with Gasteiger partial charge in [0, 0.05) is 19.0 Å². The van der Waals surface area contributed by atoms with Crippen LogP contribution < -0.4 is 20.1 Å². The molecule has 1 aromatic heterocycles. The van der Waals surface area contributed by atoms with Gasteiger partial charge in [-0.15, -0.1) is 35.3 Å². The van der Waals surface area contributed by atoms with Crippen LogP contribution in [-0.2, 0) is 13.0 Å². The van der Waals surface area contributed by atoms with Crippen molar-refractivity contribution in [2.75, 3.05) is 20.4 Å². The Labute approximate surface area is 175 Å². The van der Waals surface area contributed by atoms with E-state index >= 15 is 0 Å². The number of thiazole rings is 1. The van der Waals surface area contributed by atoms with Crippen LogP contribution in [-0.4, -0.2) is 31.3 Å². The standard InChI is InChI=1S/C18H24N4O2S.HI/c1-12(2)14-10-25-17(22-14)9-21-18(19-3)20-7-6-13-4-5-15-16(8-13)24-11-23-15;/h4-5,8,10,12H,6-7,9,11H2,1-3H3,(H2,19,20,21);1H. The topological polar surface area (TPSA) is 67.8 Å². The smallest absolute Gasteiger partial charge is 0.231 e. The predicted octanol–water partition coefficient (Wildman–Crippen LogP) is 3.52. The highest BCUT2D eigenvalue weighted by atomic mass is 127. The molecule has 0 saturated carbocycles. The Kier molecular flexibility index (Phi) is 7.95. The van der Waals surface area contributed by atoms with Crippen molar-refractivity contribution in [2.45, 2.75) is 32.7 Å². The van der Waals surface area contributed by atoms with Gasteiger partial charge in [-0.2, -0.15) is 0 Å². The van der Waals surface area contributed by atoms with Crippen LogP contribution in [0.5, 0.6) is 11.5 Å². The summed E-state index contributed by atoms with van der Waals surface area (Å²) in [5, 5.41) is 9.83.